The lowest BCUT2D eigenvalue weighted by Gasteiger charge is -2.34. The van der Waals surface area contributed by atoms with Gasteiger partial charge in [0, 0.05) is 13.1 Å². The maximum Gasteiger partial charge on any atom is 0.140 e. The van der Waals surface area contributed by atoms with Gasteiger partial charge >= 0.3 is 0 Å². The zero-order valence-electron chi connectivity index (χ0n) is 19.8. The van der Waals surface area contributed by atoms with Gasteiger partial charge in [-0.25, -0.2) is 0 Å². The maximum absolute atomic E-state index is 10.1. The topological polar surface area (TPSA) is 62.2 Å². The lowest BCUT2D eigenvalue weighted by Crippen LogP contribution is -2.23. The van der Waals surface area contributed by atoms with Crippen LogP contribution < -0.4 is 9.47 Å². The maximum atomic E-state index is 10.1. The number of hydrogen-bond donors (Lipinski definition) is 2. The lowest BCUT2D eigenvalue weighted by atomic mass is 10.00. The van der Waals surface area contributed by atoms with Gasteiger partial charge in [-0.2, -0.15) is 0 Å². The predicted molar refractivity (Wildman–Crippen MR) is 142 cm³/mol. The summed E-state index contributed by atoms with van der Waals surface area (Å²) in [6, 6.07) is 20.6. The highest BCUT2D eigenvalue weighted by molar-refractivity contribution is 7.99. The molecule has 7 heteroatoms. The highest BCUT2D eigenvalue weighted by Crippen LogP contribution is 2.54. The van der Waals surface area contributed by atoms with Crippen LogP contribution in [0.15, 0.2) is 71.6 Å². The molecule has 0 radical (unpaired) electrons. The van der Waals surface area contributed by atoms with Gasteiger partial charge in [-0.1, -0.05) is 31.2 Å². The second-order valence-corrected chi connectivity index (χ2v) is 10.5. The summed E-state index contributed by atoms with van der Waals surface area (Å²) in [4.78, 5) is 3.41. The Morgan fingerprint density at radius 2 is 1.80 bits per heavy atom. The number of halogens is 1. The van der Waals surface area contributed by atoms with E-state index in [4.69, 9.17) is 9.47 Å². The lowest BCUT2D eigenvalue weighted by molar-refractivity contribution is 0.190. The number of ether oxygens (including phenoxy) is 2. The van der Waals surface area contributed by atoms with E-state index in [0.717, 1.165) is 46.4 Å². The largest absolute Gasteiger partial charge is 0.508 e. The Balaban J connectivity index is 0.00000289. The summed E-state index contributed by atoms with van der Waals surface area (Å²) >= 11 is 1.64. The molecular weight excluding hydrogens is 482 g/mol. The van der Waals surface area contributed by atoms with Crippen LogP contribution in [0.25, 0.3) is 0 Å². The highest BCUT2D eigenvalue weighted by atomic mass is 35.5. The molecule has 186 valence electrons. The molecule has 0 spiro atoms. The average Bonchev–Trinajstić information content (AvgIpc) is 3.26. The Morgan fingerprint density at radius 3 is 2.54 bits per heavy atom. The minimum atomic E-state index is -0.241. The van der Waals surface area contributed by atoms with E-state index >= 15 is 0 Å². The Kier molecular flexibility index (Phi) is 8.37. The summed E-state index contributed by atoms with van der Waals surface area (Å²) in [5.41, 5.74) is 2.01. The Labute approximate surface area is 217 Å². The molecule has 0 saturated carbocycles. The predicted octanol–water partition coefficient (Wildman–Crippen LogP) is 6.60. The van der Waals surface area contributed by atoms with E-state index in [2.05, 4.69) is 24.0 Å². The van der Waals surface area contributed by atoms with Crippen molar-refractivity contribution >= 4 is 24.2 Å². The molecular formula is C28H32ClNO4S. The van der Waals surface area contributed by atoms with Crippen LogP contribution >= 0.6 is 24.2 Å². The minimum absolute atomic E-state index is 0. The van der Waals surface area contributed by atoms with E-state index in [1.54, 1.807) is 36.0 Å². The van der Waals surface area contributed by atoms with Crippen LogP contribution in [0.1, 0.15) is 42.2 Å². The molecule has 3 aromatic carbocycles. The van der Waals surface area contributed by atoms with Gasteiger partial charge in [0.15, 0.2) is 0 Å². The standard InChI is InChI=1S/C28H31NO4S.ClH/c1-19-12-14-29(18-19)13-3-15-32-24-9-6-20(7-10-24)27-28(21-4-2-5-22(30)16-21)34-26-17-23(31)8-11-25(26)33-27;/h2,4-11,16-17,19,27-28,30-31H,3,12-15,18H2,1H3;1H/t19-,27+,28-;/m1./s1. The summed E-state index contributed by atoms with van der Waals surface area (Å²) in [7, 11) is 0. The molecule has 3 atom stereocenters. The average molecular weight is 514 g/mol. The molecule has 2 heterocycles. The fourth-order valence-corrected chi connectivity index (χ4v) is 6.05. The fraction of sp³-hybridized carbons (Fsp3) is 0.357. The molecule has 0 unspecified atom stereocenters. The molecule has 0 bridgehead atoms. The number of hydrogen-bond acceptors (Lipinski definition) is 6. The summed E-state index contributed by atoms with van der Waals surface area (Å²) in [5, 5.41) is 19.9. The molecule has 0 amide bonds. The summed E-state index contributed by atoms with van der Waals surface area (Å²) in [6.07, 6.45) is 2.09. The number of nitrogens with zero attached hydrogens (tertiary/aromatic N) is 1. The van der Waals surface area contributed by atoms with E-state index < -0.39 is 0 Å². The van der Waals surface area contributed by atoms with Crippen LogP contribution in [-0.2, 0) is 0 Å². The van der Waals surface area contributed by atoms with Crippen molar-refractivity contribution in [1.82, 2.24) is 4.90 Å². The number of phenolic OH excluding ortho intramolecular Hbond substituents is 2. The first kappa shape index (κ1) is 25.5. The van der Waals surface area contributed by atoms with Gasteiger partial charge in [0.05, 0.1) is 16.8 Å². The Morgan fingerprint density at radius 1 is 1.00 bits per heavy atom. The van der Waals surface area contributed by atoms with Crippen molar-refractivity contribution in [3.05, 3.63) is 77.9 Å². The van der Waals surface area contributed by atoms with Crippen molar-refractivity contribution in [2.75, 3.05) is 26.2 Å². The first-order chi connectivity index (χ1) is 16.5. The molecule has 2 aliphatic rings. The third-order valence-electron chi connectivity index (χ3n) is 6.51. The molecule has 0 aliphatic carbocycles. The summed E-state index contributed by atoms with van der Waals surface area (Å²) in [6.45, 7) is 6.54. The Hall–Kier alpha value is -2.54. The second kappa shape index (κ2) is 11.5. The number of benzene rings is 3. The number of likely N-dealkylation sites (tertiary alicyclic amines) is 1. The molecule has 0 aromatic heterocycles. The van der Waals surface area contributed by atoms with Gasteiger partial charge in [-0.05, 0) is 78.9 Å². The van der Waals surface area contributed by atoms with Gasteiger partial charge in [0.2, 0.25) is 0 Å². The number of rotatable bonds is 7. The van der Waals surface area contributed by atoms with E-state index in [-0.39, 0.29) is 35.3 Å². The molecule has 5 rings (SSSR count). The van der Waals surface area contributed by atoms with Gasteiger partial charge in [0.25, 0.3) is 0 Å². The third kappa shape index (κ3) is 6.18. The SMILES string of the molecule is C[C@@H]1CCN(CCCOc2ccc([C@@H]3Oc4ccc(O)cc4S[C@@H]3c3cccc(O)c3)cc2)C1.Cl. The highest BCUT2D eigenvalue weighted by Gasteiger charge is 2.34. The van der Waals surface area contributed by atoms with Crippen molar-refractivity contribution in [3.63, 3.8) is 0 Å². The van der Waals surface area contributed by atoms with Crippen LogP contribution in [-0.4, -0.2) is 41.4 Å². The van der Waals surface area contributed by atoms with E-state index in [1.807, 2.05) is 30.3 Å². The molecule has 3 aromatic rings. The van der Waals surface area contributed by atoms with Crippen molar-refractivity contribution < 1.29 is 19.7 Å². The summed E-state index contributed by atoms with van der Waals surface area (Å²) in [5.74, 6) is 2.87. The molecule has 1 saturated heterocycles. The van der Waals surface area contributed by atoms with Gasteiger partial charge in [0.1, 0.15) is 29.1 Å². The van der Waals surface area contributed by atoms with Crippen LogP contribution in [0, 0.1) is 5.92 Å². The van der Waals surface area contributed by atoms with Crippen LogP contribution in [0.3, 0.4) is 0 Å². The van der Waals surface area contributed by atoms with Crippen LogP contribution in [0.5, 0.6) is 23.0 Å². The van der Waals surface area contributed by atoms with Gasteiger partial charge in [-0.3, -0.25) is 0 Å². The third-order valence-corrected chi connectivity index (χ3v) is 7.86. The van der Waals surface area contributed by atoms with Crippen molar-refractivity contribution in [3.8, 4) is 23.0 Å². The van der Waals surface area contributed by atoms with Crippen LogP contribution in [0.2, 0.25) is 0 Å². The Bertz CT molecular complexity index is 1130. The smallest absolute Gasteiger partial charge is 0.140 e. The molecule has 1 fully saturated rings. The van der Waals surface area contributed by atoms with Crippen LogP contribution in [0.4, 0.5) is 0 Å². The van der Waals surface area contributed by atoms with Crippen molar-refractivity contribution in [1.29, 1.82) is 0 Å². The molecule has 2 N–H and O–H groups in total. The summed E-state index contributed by atoms with van der Waals surface area (Å²) < 4.78 is 12.4. The van der Waals surface area contributed by atoms with Gasteiger partial charge < -0.3 is 24.6 Å². The molecule has 35 heavy (non-hydrogen) atoms. The van der Waals surface area contributed by atoms with Crippen molar-refractivity contribution in [2.24, 2.45) is 5.92 Å². The normalized spacial score (nSPS) is 21.6. The zero-order valence-corrected chi connectivity index (χ0v) is 21.4. The van der Waals surface area contributed by atoms with Gasteiger partial charge in [-0.15, -0.1) is 24.2 Å². The van der Waals surface area contributed by atoms with Crippen molar-refractivity contribution in [2.45, 2.75) is 36.0 Å². The van der Waals surface area contributed by atoms with E-state index in [1.165, 1.54) is 19.5 Å². The minimum Gasteiger partial charge on any atom is -0.508 e. The second-order valence-electron chi connectivity index (χ2n) is 9.27. The first-order valence-corrected chi connectivity index (χ1v) is 12.8. The van der Waals surface area contributed by atoms with E-state index in [0.29, 0.717) is 6.61 Å². The first-order valence-electron chi connectivity index (χ1n) is 12.0. The van der Waals surface area contributed by atoms with E-state index in [9.17, 15) is 10.2 Å². The fourth-order valence-electron chi connectivity index (χ4n) is 4.73. The number of thioether (sulfide) groups is 1. The quantitative estimate of drug-likeness (QED) is 0.347. The number of fused-ring (bicyclic) bond motifs is 1. The monoisotopic (exact) mass is 513 g/mol. The number of aromatic hydroxyl groups is 2. The zero-order chi connectivity index (χ0) is 23.5. The number of phenols is 2. The molecule has 5 nitrogen and oxygen atoms in total. The molecule has 2 aliphatic heterocycles.